The minimum Gasteiger partial charge on any atom is -0.495 e. The molecule has 1 amide bonds. The number of carbonyl (C=O) groups excluding carboxylic acids is 1. The van der Waals surface area contributed by atoms with Gasteiger partial charge in [0.2, 0.25) is 10.0 Å². The maximum atomic E-state index is 13.0. The molecule has 1 heterocycles. The number of hydrogen-bond donors (Lipinski definition) is 1. The van der Waals surface area contributed by atoms with Gasteiger partial charge in [0, 0.05) is 18.7 Å². The van der Waals surface area contributed by atoms with Gasteiger partial charge in [-0.3, -0.25) is 4.79 Å². The maximum Gasteiger partial charge on any atom is 0.255 e. The van der Waals surface area contributed by atoms with Crippen molar-refractivity contribution in [3.63, 3.8) is 0 Å². The van der Waals surface area contributed by atoms with Crippen molar-refractivity contribution in [3.8, 4) is 5.75 Å². The summed E-state index contributed by atoms with van der Waals surface area (Å²) in [5.41, 5.74) is 1.95. The van der Waals surface area contributed by atoms with Gasteiger partial charge in [0.1, 0.15) is 5.75 Å². The molecule has 3 rings (SSSR count). The topological polar surface area (TPSA) is 75.7 Å². The third-order valence-corrected chi connectivity index (χ3v) is 7.04. The minimum absolute atomic E-state index is 0.212. The number of rotatable bonds is 5. The molecule has 0 radical (unpaired) electrons. The van der Waals surface area contributed by atoms with E-state index in [0.29, 0.717) is 41.9 Å². The Morgan fingerprint density at radius 1 is 1.07 bits per heavy atom. The predicted octanol–water partition coefficient (Wildman–Crippen LogP) is 3.92. The number of nitrogens with one attached hydrogen (secondary N) is 1. The molecule has 0 bridgehead atoms. The Morgan fingerprint density at radius 3 is 2.28 bits per heavy atom. The summed E-state index contributed by atoms with van der Waals surface area (Å²) in [4.78, 5) is 12.8. The number of benzene rings is 2. The number of aryl methyl sites for hydroxylation is 1. The Bertz CT molecular complexity index is 976. The molecule has 1 aliphatic heterocycles. The van der Waals surface area contributed by atoms with Crippen molar-refractivity contribution < 1.29 is 17.9 Å². The maximum absolute atomic E-state index is 13.0. The summed E-state index contributed by atoms with van der Waals surface area (Å²) in [6.45, 7) is 7.14. The second-order valence-corrected chi connectivity index (χ2v) is 9.89. The summed E-state index contributed by atoms with van der Waals surface area (Å²) in [7, 11) is -2.02. The van der Waals surface area contributed by atoms with Gasteiger partial charge < -0.3 is 10.1 Å². The molecular formula is C22H28N2O4S. The Kier molecular flexibility index (Phi) is 6.29. The highest BCUT2D eigenvalue weighted by molar-refractivity contribution is 7.89. The smallest absolute Gasteiger partial charge is 0.255 e. The number of ether oxygens (including phenoxy) is 1. The van der Waals surface area contributed by atoms with Gasteiger partial charge in [0.25, 0.3) is 5.91 Å². The Hall–Kier alpha value is -2.38. The van der Waals surface area contributed by atoms with Gasteiger partial charge in [-0.2, -0.15) is 4.31 Å². The predicted molar refractivity (Wildman–Crippen MR) is 114 cm³/mol. The number of piperidine rings is 1. The molecule has 0 spiro atoms. The summed E-state index contributed by atoms with van der Waals surface area (Å²) >= 11 is 0. The van der Waals surface area contributed by atoms with Gasteiger partial charge in [-0.1, -0.05) is 19.9 Å². The van der Waals surface area contributed by atoms with Crippen LogP contribution in [-0.4, -0.2) is 38.8 Å². The molecule has 0 aromatic heterocycles. The van der Waals surface area contributed by atoms with E-state index in [9.17, 15) is 13.2 Å². The molecule has 0 saturated carbocycles. The van der Waals surface area contributed by atoms with Gasteiger partial charge in [0.15, 0.2) is 0 Å². The number of hydrogen-bond acceptors (Lipinski definition) is 4. The molecule has 1 N–H and O–H groups in total. The molecule has 1 fully saturated rings. The van der Waals surface area contributed by atoms with E-state index < -0.39 is 10.0 Å². The molecule has 0 aliphatic carbocycles. The van der Waals surface area contributed by atoms with Crippen LogP contribution in [0.15, 0.2) is 47.4 Å². The summed E-state index contributed by atoms with van der Waals surface area (Å²) in [6.07, 6.45) is 1.04. The highest BCUT2D eigenvalue weighted by atomic mass is 32.2. The molecule has 7 heteroatoms. The van der Waals surface area contributed by atoms with Gasteiger partial charge in [-0.05, 0) is 67.1 Å². The van der Waals surface area contributed by atoms with Crippen LogP contribution in [0, 0.1) is 18.8 Å². The Morgan fingerprint density at radius 2 is 1.69 bits per heavy atom. The summed E-state index contributed by atoms with van der Waals surface area (Å²) < 4.78 is 32.8. The monoisotopic (exact) mass is 416 g/mol. The van der Waals surface area contributed by atoms with Crippen LogP contribution in [0.3, 0.4) is 0 Å². The molecule has 29 heavy (non-hydrogen) atoms. The summed E-state index contributed by atoms with van der Waals surface area (Å²) in [5.74, 6) is 0.917. The first-order valence-corrected chi connectivity index (χ1v) is 11.2. The van der Waals surface area contributed by atoms with E-state index in [4.69, 9.17) is 4.74 Å². The van der Waals surface area contributed by atoms with E-state index in [1.165, 1.54) is 12.1 Å². The van der Waals surface area contributed by atoms with Crippen LogP contribution >= 0.6 is 0 Å². The van der Waals surface area contributed by atoms with Crippen molar-refractivity contribution in [3.05, 3.63) is 53.6 Å². The Balaban J connectivity index is 1.78. The average Bonchev–Trinajstić information content (AvgIpc) is 2.67. The number of amides is 1. The molecule has 6 nitrogen and oxygen atoms in total. The SMILES string of the molecule is COc1ccc(C)cc1NC(=O)c1ccc(S(=O)(=O)N2C[C@H](C)C[C@@H](C)C2)cc1. The number of carbonyl (C=O) groups is 1. The van der Waals surface area contributed by atoms with E-state index in [1.54, 1.807) is 29.6 Å². The largest absolute Gasteiger partial charge is 0.495 e. The van der Waals surface area contributed by atoms with Gasteiger partial charge in [-0.15, -0.1) is 0 Å². The lowest BCUT2D eigenvalue weighted by molar-refractivity contribution is 0.102. The quantitative estimate of drug-likeness (QED) is 0.801. The molecule has 1 saturated heterocycles. The number of methoxy groups -OCH3 is 1. The first-order valence-electron chi connectivity index (χ1n) is 9.77. The molecule has 0 unspecified atom stereocenters. The lowest BCUT2D eigenvalue weighted by atomic mass is 9.94. The normalized spacial score (nSPS) is 20.3. The molecular weight excluding hydrogens is 388 g/mol. The summed E-state index contributed by atoms with van der Waals surface area (Å²) in [5, 5.41) is 2.83. The van der Waals surface area contributed by atoms with E-state index in [0.717, 1.165) is 12.0 Å². The van der Waals surface area contributed by atoms with Crippen molar-refractivity contribution in [2.24, 2.45) is 11.8 Å². The highest BCUT2D eigenvalue weighted by Crippen LogP contribution is 2.28. The standard InChI is InChI=1S/C22H28N2O4S/c1-15-5-10-21(28-4)20(12-15)23-22(25)18-6-8-19(9-7-18)29(26,27)24-13-16(2)11-17(3)14-24/h5-10,12,16-17H,11,13-14H2,1-4H3,(H,23,25)/t16-,17-/m1/s1. The van der Waals surface area contributed by atoms with Crippen molar-refractivity contribution >= 4 is 21.6 Å². The summed E-state index contributed by atoms with van der Waals surface area (Å²) in [6, 6.07) is 11.6. The Labute approximate surface area is 172 Å². The zero-order valence-corrected chi connectivity index (χ0v) is 18.1. The van der Waals surface area contributed by atoms with Crippen LogP contribution in [0.25, 0.3) is 0 Å². The lowest BCUT2D eigenvalue weighted by Crippen LogP contribution is -2.42. The molecule has 156 valence electrons. The van der Waals surface area contributed by atoms with Crippen molar-refractivity contribution in [1.82, 2.24) is 4.31 Å². The van der Waals surface area contributed by atoms with Gasteiger partial charge >= 0.3 is 0 Å². The van der Waals surface area contributed by atoms with Crippen LogP contribution in [0.4, 0.5) is 5.69 Å². The highest BCUT2D eigenvalue weighted by Gasteiger charge is 2.31. The first kappa shape index (κ1) is 21.3. The van der Waals surface area contributed by atoms with E-state index >= 15 is 0 Å². The average molecular weight is 417 g/mol. The van der Waals surface area contributed by atoms with Crippen LogP contribution in [0.2, 0.25) is 0 Å². The minimum atomic E-state index is -3.56. The number of nitrogens with zero attached hydrogens (tertiary/aromatic N) is 1. The second-order valence-electron chi connectivity index (χ2n) is 7.95. The third-order valence-electron chi connectivity index (χ3n) is 5.19. The fourth-order valence-corrected chi connectivity index (χ4v) is 5.52. The molecule has 2 atom stereocenters. The fraction of sp³-hybridized carbons (Fsp3) is 0.409. The number of sulfonamides is 1. The number of anilines is 1. The first-order chi connectivity index (χ1) is 13.7. The van der Waals surface area contributed by atoms with Crippen molar-refractivity contribution in [1.29, 1.82) is 0 Å². The second kappa shape index (κ2) is 8.55. The van der Waals surface area contributed by atoms with Gasteiger partial charge in [0.05, 0.1) is 17.7 Å². The third kappa shape index (κ3) is 4.79. The van der Waals surface area contributed by atoms with Crippen molar-refractivity contribution in [2.45, 2.75) is 32.1 Å². The molecule has 2 aromatic rings. The van der Waals surface area contributed by atoms with E-state index in [1.807, 2.05) is 19.1 Å². The zero-order valence-electron chi connectivity index (χ0n) is 17.3. The van der Waals surface area contributed by atoms with Crippen molar-refractivity contribution in [2.75, 3.05) is 25.5 Å². The van der Waals surface area contributed by atoms with E-state index in [2.05, 4.69) is 19.2 Å². The van der Waals surface area contributed by atoms with Crippen LogP contribution < -0.4 is 10.1 Å². The molecule has 1 aliphatic rings. The van der Waals surface area contributed by atoms with Gasteiger partial charge in [-0.25, -0.2) is 8.42 Å². The van der Waals surface area contributed by atoms with Crippen LogP contribution in [0.5, 0.6) is 5.75 Å². The van der Waals surface area contributed by atoms with Crippen LogP contribution in [0.1, 0.15) is 36.2 Å². The molecule has 2 aromatic carbocycles. The zero-order chi connectivity index (χ0) is 21.2. The van der Waals surface area contributed by atoms with Crippen LogP contribution in [-0.2, 0) is 10.0 Å². The fourth-order valence-electron chi connectivity index (χ4n) is 3.84. The van der Waals surface area contributed by atoms with E-state index in [-0.39, 0.29) is 10.8 Å². The lowest BCUT2D eigenvalue weighted by Gasteiger charge is -2.34.